The van der Waals surface area contributed by atoms with E-state index < -0.39 is 0 Å². The van der Waals surface area contributed by atoms with Crippen molar-refractivity contribution in [1.29, 1.82) is 0 Å². The SMILES string of the molecule is Cc1cccc2nc(CN3CCC[C@H]3c3nc4ccccc4s3)cc(=O)n12. The van der Waals surface area contributed by atoms with Crippen molar-refractivity contribution >= 4 is 27.2 Å². The van der Waals surface area contributed by atoms with Crippen LogP contribution in [0.3, 0.4) is 0 Å². The number of likely N-dealkylation sites (tertiary alicyclic amines) is 1. The van der Waals surface area contributed by atoms with Crippen molar-refractivity contribution in [3.05, 3.63) is 75.3 Å². The molecule has 5 nitrogen and oxygen atoms in total. The minimum atomic E-state index is -0.0103. The first-order chi connectivity index (χ1) is 13.2. The molecule has 0 bridgehead atoms. The summed E-state index contributed by atoms with van der Waals surface area (Å²) in [6.45, 7) is 3.62. The maximum atomic E-state index is 12.6. The fraction of sp³-hybridized carbons (Fsp3) is 0.286. The largest absolute Gasteiger partial charge is 0.288 e. The Bertz CT molecular complexity index is 1160. The van der Waals surface area contributed by atoms with E-state index in [1.807, 2.05) is 31.2 Å². The molecule has 1 aliphatic rings. The van der Waals surface area contributed by atoms with Crippen molar-refractivity contribution in [2.75, 3.05) is 6.54 Å². The molecular weight excluding hydrogens is 356 g/mol. The third-order valence-electron chi connectivity index (χ3n) is 5.26. The van der Waals surface area contributed by atoms with E-state index in [1.54, 1.807) is 21.8 Å². The molecule has 1 aliphatic heterocycles. The first-order valence-electron chi connectivity index (χ1n) is 9.27. The summed E-state index contributed by atoms with van der Waals surface area (Å²) >= 11 is 1.78. The Morgan fingerprint density at radius 3 is 2.93 bits per heavy atom. The fourth-order valence-electron chi connectivity index (χ4n) is 3.98. The van der Waals surface area contributed by atoms with E-state index in [1.165, 1.54) is 9.71 Å². The van der Waals surface area contributed by atoms with E-state index in [2.05, 4.69) is 23.1 Å². The molecule has 0 N–H and O–H groups in total. The summed E-state index contributed by atoms with van der Waals surface area (Å²) in [4.78, 5) is 24.6. The van der Waals surface area contributed by atoms with Crippen LogP contribution in [0.15, 0.2) is 53.3 Å². The van der Waals surface area contributed by atoms with Crippen LogP contribution in [0.2, 0.25) is 0 Å². The number of benzene rings is 1. The van der Waals surface area contributed by atoms with E-state index in [-0.39, 0.29) is 5.56 Å². The second-order valence-electron chi connectivity index (χ2n) is 7.09. The van der Waals surface area contributed by atoms with E-state index >= 15 is 0 Å². The number of fused-ring (bicyclic) bond motifs is 2. The van der Waals surface area contributed by atoms with Crippen molar-refractivity contribution < 1.29 is 0 Å². The molecule has 1 saturated heterocycles. The summed E-state index contributed by atoms with van der Waals surface area (Å²) in [5.41, 5.74) is 3.52. The summed E-state index contributed by atoms with van der Waals surface area (Å²) in [6.07, 6.45) is 2.25. The van der Waals surface area contributed by atoms with Crippen molar-refractivity contribution in [2.45, 2.75) is 32.4 Å². The number of rotatable bonds is 3. The first-order valence-corrected chi connectivity index (χ1v) is 10.1. The molecule has 6 heteroatoms. The number of hydrogen-bond donors (Lipinski definition) is 0. The minimum absolute atomic E-state index is 0.0103. The van der Waals surface area contributed by atoms with Crippen molar-refractivity contribution in [3.63, 3.8) is 0 Å². The van der Waals surface area contributed by atoms with Gasteiger partial charge in [-0.25, -0.2) is 9.97 Å². The maximum Gasteiger partial charge on any atom is 0.258 e. The van der Waals surface area contributed by atoms with Crippen molar-refractivity contribution in [1.82, 2.24) is 19.3 Å². The van der Waals surface area contributed by atoms with Crippen LogP contribution in [0.1, 0.15) is 35.3 Å². The number of thiazole rings is 1. The lowest BCUT2D eigenvalue weighted by atomic mass is 10.2. The molecule has 0 radical (unpaired) electrons. The monoisotopic (exact) mass is 376 g/mol. The fourth-order valence-corrected chi connectivity index (χ4v) is 5.12. The first kappa shape index (κ1) is 16.6. The molecule has 0 aliphatic carbocycles. The smallest absolute Gasteiger partial charge is 0.258 e. The van der Waals surface area contributed by atoms with Crippen LogP contribution in [-0.2, 0) is 6.54 Å². The van der Waals surface area contributed by atoms with Gasteiger partial charge in [-0.05, 0) is 50.6 Å². The molecule has 0 spiro atoms. The number of aromatic nitrogens is 3. The van der Waals surface area contributed by atoms with Crippen LogP contribution in [0.5, 0.6) is 0 Å². The molecule has 5 rings (SSSR count). The molecule has 0 amide bonds. The van der Waals surface area contributed by atoms with Gasteiger partial charge in [0.2, 0.25) is 0 Å². The number of aryl methyl sites for hydroxylation is 1. The highest BCUT2D eigenvalue weighted by Crippen LogP contribution is 2.37. The van der Waals surface area contributed by atoms with Gasteiger partial charge in [-0.3, -0.25) is 14.1 Å². The van der Waals surface area contributed by atoms with E-state index in [0.29, 0.717) is 18.2 Å². The highest BCUT2D eigenvalue weighted by atomic mass is 32.1. The van der Waals surface area contributed by atoms with Crippen LogP contribution in [0.25, 0.3) is 15.9 Å². The standard InChI is InChI=1S/C21H20N4OS/c1-14-6-4-10-19-22-15(12-20(26)25(14)19)13-24-11-5-8-17(24)21-23-16-7-2-3-9-18(16)27-21/h2-4,6-7,9-10,12,17H,5,8,11,13H2,1H3/t17-/m0/s1. The quantitative estimate of drug-likeness (QED) is 0.543. The van der Waals surface area contributed by atoms with Gasteiger partial charge in [-0.15, -0.1) is 11.3 Å². The summed E-state index contributed by atoms with van der Waals surface area (Å²) in [7, 11) is 0. The number of nitrogens with zero attached hydrogens (tertiary/aromatic N) is 4. The van der Waals surface area contributed by atoms with Gasteiger partial charge in [0, 0.05) is 18.3 Å². The number of para-hydroxylation sites is 1. The average Bonchev–Trinajstić information content (AvgIpc) is 3.27. The summed E-state index contributed by atoms with van der Waals surface area (Å²) in [5, 5.41) is 1.17. The van der Waals surface area contributed by atoms with Gasteiger partial charge in [-0.1, -0.05) is 18.2 Å². The lowest BCUT2D eigenvalue weighted by molar-refractivity contribution is 0.245. The normalized spacial score (nSPS) is 17.9. The third kappa shape index (κ3) is 2.95. The second-order valence-corrected chi connectivity index (χ2v) is 8.16. The minimum Gasteiger partial charge on any atom is -0.288 e. The average molecular weight is 376 g/mol. The zero-order valence-electron chi connectivity index (χ0n) is 15.1. The molecule has 0 saturated carbocycles. The zero-order valence-corrected chi connectivity index (χ0v) is 15.9. The van der Waals surface area contributed by atoms with Gasteiger partial charge in [0.15, 0.2) is 0 Å². The predicted molar refractivity (Wildman–Crippen MR) is 108 cm³/mol. The number of pyridine rings is 1. The van der Waals surface area contributed by atoms with E-state index in [4.69, 9.17) is 9.97 Å². The Labute approximate surface area is 160 Å². The highest BCUT2D eigenvalue weighted by Gasteiger charge is 2.29. The van der Waals surface area contributed by atoms with E-state index in [0.717, 1.165) is 36.3 Å². The number of hydrogen-bond acceptors (Lipinski definition) is 5. The van der Waals surface area contributed by atoms with Crippen LogP contribution in [0, 0.1) is 6.92 Å². The highest BCUT2D eigenvalue weighted by molar-refractivity contribution is 7.18. The van der Waals surface area contributed by atoms with Crippen molar-refractivity contribution in [3.8, 4) is 0 Å². The van der Waals surface area contributed by atoms with Gasteiger partial charge < -0.3 is 0 Å². The molecule has 0 unspecified atom stereocenters. The Morgan fingerprint density at radius 1 is 1.15 bits per heavy atom. The maximum absolute atomic E-state index is 12.6. The van der Waals surface area contributed by atoms with Crippen LogP contribution < -0.4 is 5.56 Å². The molecule has 1 aromatic carbocycles. The van der Waals surface area contributed by atoms with Crippen LogP contribution >= 0.6 is 11.3 Å². The Morgan fingerprint density at radius 2 is 2.04 bits per heavy atom. The zero-order chi connectivity index (χ0) is 18.4. The molecule has 4 aromatic rings. The van der Waals surface area contributed by atoms with Gasteiger partial charge in [0.05, 0.1) is 22.0 Å². The molecule has 4 heterocycles. The lowest BCUT2D eigenvalue weighted by Gasteiger charge is -2.22. The van der Waals surface area contributed by atoms with Gasteiger partial charge in [-0.2, -0.15) is 0 Å². The predicted octanol–water partition coefficient (Wildman–Crippen LogP) is 3.95. The Kier molecular flexibility index (Phi) is 4.02. The van der Waals surface area contributed by atoms with Gasteiger partial charge in [0.25, 0.3) is 5.56 Å². The second kappa shape index (κ2) is 6.55. The van der Waals surface area contributed by atoms with Crippen LogP contribution in [0.4, 0.5) is 0 Å². The van der Waals surface area contributed by atoms with Crippen molar-refractivity contribution in [2.24, 2.45) is 0 Å². The summed E-state index contributed by atoms with van der Waals surface area (Å²) in [5.74, 6) is 0. The molecular formula is C21H20N4OS. The third-order valence-corrected chi connectivity index (χ3v) is 6.40. The Hall–Kier alpha value is -2.57. The molecule has 3 aromatic heterocycles. The van der Waals surface area contributed by atoms with E-state index in [9.17, 15) is 4.79 Å². The van der Waals surface area contributed by atoms with Crippen LogP contribution in [-0.4, -0.2) is 25.8 Å². The summed E-state index contributed by atoms with van der Waals surface area (Å²) in [6, 6.07) is 16.0. The Balaban J connectivity index is 1.47. The molecule has 136 valence electrons. The molecule has 27 heavy (non-hydrogen) atoms. The van der Waals surface area contributed by atoms with Gasteiger partial charge in [0.1, 0.15) is 10.7 Å². The molecule has 1 atom stereocenters. The van der Waals surface area contributed by atoms with Gasteiger partial charge >= 0.3 is 0 Å². The molecule has 1 fully saturated rings. The topological polar surface area (TPSA) is 50.5 Å². The summed E-state index contributed by atoms with van der Waals surface area (Å²) < 4.78 is 2.90. The lowest BCUT2D eigenvalue weighted by Crippen LogP contribution is -2.25.